The summed E-state index contributed by atoms with van der Waals surface area (Å²) in [5.74, 6) is -0.524. The number of amidine groups is 1. The Morgan fingerprint density at radius 2 is 1.87 bits per heavy atom. The molecule has 7 nitrogen and oxygen atoms in total. The van der Waals surface area contributed by atoms with Gasteiger partial charge in [0.25, 0.3) is 5.91 Å². The number of carbonyl (C=O) groups excluding carboxylic acids is 1. The van der Waals surface area contributed by atoms with Crippen LogP contribution in [0.1, 0.15) is 35.3 Å². The number of rotatable bonds is 9. The number of ether oxygens (including phenoxy) is 2. The van der Waals surface area contributed by atoms with E-state index in [1.54, 1.807) is 47.4 Å². The maximum Gasteiger partial charge on any atom is 0.335 e. The van der Waals surface area contributed by atoms with Gasteiger partial charge in [0.1, 0.15) is 12.4 Å². The van der Waals surface area contributed by atoms with E-state index in [4.69, 9.17) is 14.6 Å². The number of hydrogen-bond acceptors (Lipinski definition) is 6. The molecule has 0 aliphatic carbocycles. The predicted octanol–water partition coefficient (Wildman–Crippen LogP) is 6.73. The molecule has 196 valence electrons. The standard InChI is InChI=1S/C28H24FIN2O5S/c1-3-32-26(33)24(38-28(32)31-20-11-9-18(10-12-20)27(34)35)15-17-13-22(30)25(23(14-17)36-4-2)37-16-19-7-5-6-8-21(19)29/h5-15H,3-4,16H2,1-2H3,(H,34,35)/b24-15-,31-28?. The lowest BCUT2D eigenvalue weighted by Crippen LogP contribution is -2.28. The number of carboxylic acids is 1. The number of amides is 1. The number of halogens is 2. The Bertz CT molecular complexity index is 1430. The van der Waals surface area contributed by atoms with Crippen molar-refractivity contribution < 1.29 is 28.6 Å². The van der Waals surface area contributed by atoms with Gasteiger partial charge in [-0.3, -0.25) is 9.69 Å². The van der Waals surface area contributed by atoms with Crippen molar-refractivity contribution in [3.05, 3.63) is 91.6 Å². The zero-order valence-electron chi connectivity index (χ0n) is 20.6. The molecule has 1 fully saturated rings. The molecular weight excluding hydrogens is 622 g/mol. The SMILES string of the molecule is CCOc1cc(/C=C2\SC(=Nc3ccc(C(=O)O)cc3)N(CC)C2=O)cc(I)c1OCc1ccccc1F. The first-order chi connectivity index (χ1) is 18.3. The molecular formula is C28H24FIN2O5S. The van der Waals surface area contributed by atoms with E-state index in [1.807, 2.05) is 19.9 Å². The topological polar surface area (TPSA) is 88.4 Å². The van der Waals surface area contributed by atoms with E-state index in [-0.39, 0.29) is 23.9 Å². The lowest BCUT2D eigenvalue weighted by molar-refractivity contribution is -0.122. The number of likely N-dealkylation sites (N-methyl/N-ethyl adjacent to an activating group) is 1. The summed E-state index contributed by atoms with van der Waals surface area (Å²) in [7, 11) is 0. The molecule has 3 aromatic carbocycles. The number of nitrogens with zero attached hydrogens (tertiary/aromatic N) is 2. The summed E-state index contributed by atoms with van der Waals surface area (Å²) in [6.07, 6.45) is 1.77. The van der Waals surface area contributed by atoms with E-state index < -0.39 is 5.97 Å². The fraction of sp³-hybridized carbons (Fsp3) is 0.179. The summed E-state index contributed by atoms with van der Waals surface area (Å²) in [6, 6.07) is 16.3. The second-order valence-corrected chi connectivity index (χ2v) is 10.2. The molecule has 38 heavy (non-hydrogen) atoms. The lowest BCUT2D eigenvalue weighted by atomic mass is 10.1. The van der Waals surface area contributed by atoms with Crippen LogP contribution in [0.2, 0.25) is 0 Å². The van der Waals surface area contributed by atoms with Crippen molar-refractivity contribution in [1.29, 1.82) is 0 Å². The first-order valence-electron chi connectivity index (χ1n) is 11.8. The van der Waals surface area contributed by atoms with Gasteiger partial charge in [-0.05, 0) is 102 Å². The highest BCUT2D eigenvalue weighted by atomic mass is 127. The van der Waals surface area contributed by atoms with Crippen molar-refractivity contribution in [2.45, 2.75) is 20.5 Å². The first kappa shape index (κ1) is 27.6. The van der Waals surface area contributed by atoms with E-state index in [1.165, 1.54) is 30.0 Å². The third kappa shape index (κ3) is 6.36. The minimum atomic E-state index is -1.01. The van der Waals surface area contributed by atoms with Crippen LogP contribution < -0.4 is 9.47 Å². The number of aromatic carboxylic acids is 1. The van der Waals surface area contributed by atoms with Crippen LogP contribution in [-0.4, -0.2) is 40.2 Å². The molecule has 0 bridgehead atoms. The summed E-state index contributed by atoms with van der Waals surface area (Å²) < 4.78 is 26.6. The Kier molecular flexibility index (Phi) is 9.05. The van der Waals surface area contributed by atoms with Gasteiger partial charge in [0.2, 0.25) is 0 Å². The molecule has 10 heteroatoms. The van der Waals surface area contributed by atoms with Crippen molar-refractivity contribution >= 4 is 63.2 Å². The molecule has 0 spiro atoms. The van der Waals surface area contributed by atoms with Gasteiger partial charge in [0, 0.05) is 12.1 Å². The fourth-order valence-corrected chi connectivity index (χ4v) is 5.49. The number of aliphatic imine (C=N–C) groups is 1. The van der Waals surface area contributed by atoms with Crippen LogP contribution in [0.15, 0.2) is 70.6 Å². The first-order valence-corrected chi connectivity index (χ1v) is 13.7. The monoisotopic (exact) mass is 646 g/mol. The second-order valence-electron chi connectivity index (χ2n) is 8.05. The average Bonchev–Trinajstić information content (AvgIpc) is 3.18. The van der Waals surface area contributed by atoms with Gasteiger partial charge >= 0.3 is 5.97 Å². The van der Waals surface area contributed by atoms with Gasteiger partial charge in [0.15, 0.2) is 16.7 Å². The van der Waals surface area contributed by atoms with Crippen LogP contribution in [-0.2, 0) is 11.4 Å². The van der Waals surface area contributed by atoms with E-state index in [9.17, 15) is 14.0 Å². The zero-order chi connectivity index (χ0) is 27.2. The minimum absolute atomic E-state index is 0.0518. The van der Waals surface area contributed by atoms with Crippen molar-refractivity contribution in [2.24, 2.45) is 4.99 Å². The van der Waals surface area contributed by atoms with E-state index in [0.29, 0.717) is 46.0 Å². The largest absolute Gasteiger partial charge is 0.490 e. The fourth-order valence-electron chi connectivity index (χ4n) is 3.65. The van der Waals surface area contributed by atoms with Crippen LogP contribution >= 0.6 is 34.4 Å². The Balaban J connectivity index is 1.60. The summed E-state index contributed by atoms with van der Waals surface area (Å²) in [4.78, 5) is 30.9. The molecule has 0 radical (unpaired) electrons. The summed E-state index contributed by atoms with van der Waals surface area (Å²) in [5.41, 5.74) is 1.90. The summed E-state index contributed by atoms with van der Waals surface area (Å²) in [6.45, 7) is 4.61. The Labute approximate surface area is 237 Å². The third-order valence-electron chi connectivity index (χ3n) is 5.50. The van der Waals surface area contributed by atoms with Crippen LogP contribution in [0.3, 0.4) is 0 Å². The smallest absolute Gasteiger partial charge is 0.335 e. The van der Waals surface area contributed by atoms with Crippen LogP contribution in [0.4, 0.5) is 10.1 Å². The number of thioether (sulfide) groups is 1. The number of hydrogen-bond donors (Lipinski definition) is 1. The molecule has 3 aromatic rings. The third-order valence-corrected chi connectivity index (χ3v) is 7.31. The molecule has 1 saturated heterocycles. The van der Waals surface area contributed by atoms with Crippen molar-refractivity contribution in [1.82, 2.24) is 4.90 Å². The van der Waals surface area contributed by atoms with Gasteiger partial charge in [-0.1, -0.05) is 18.2 Å². The molecule has 1 aliphatic rings. The average molecular weight is 646 g/mol. The quantitative estimate of drug-likeness (QED) is 0.205. The molecule has 1 aliphatic heterocycles. The molecule has 0 unspecified atom stereocenters. The highest BCUT2D eigenvalue weighted by Crippen LogP contribution is 2.38. The highest BCUT2D eigenvalue weighted by Gasteiger charge is 2.32. The van der Waals surface area contributed by atoms with Crippen molar-refractivity contribution in [2.75, 3.05) is 13.2 Å². The van der Waals surface area contributed by atoms with Gasteiger partial charge in [0.05, 0.1) is 26.3 Å². The van der Waals surface area contributed by atoms with Gasteiger partial charge < -0.3 is 14.6 Å². The normalized spacial score (nSPS) is 15.4. The molecule has 1 heterocycles. The maximum atomic E-state index is 14.1. The van der Waals surface area contributed by atoms with E-state index >= 15 is 0 Å². The van der Waals surface area contributed by atoms with E-state index in [0.717, 1.165) is 9.13 Å². The summed E-state index contributed by atoms with van der Waals surface area (Å²) in [5, 5.41) is 9.61. The molecule has 0 saturated carbocycles. The van der Waals surface area contributed by atoms with Gasteiger partial charge in [-0.2, -0.15) is 0 Å². The summed E-state index contributed by atoms with van der Waals surface area (Å²) >= 11 is 3.38. The Hall–Kier alpha value is -3.38. The van der Waals surface area contributed by atoms with E-state index in [2.05, 4.69) is 27.6 Å². The molecule has 0 aromatic heterocycles. The maximum absolute atomic E-state index is 14.1. The number of carboxylic acid groups (broad SMARTS) is 1. The highest BCUT2D eigenvalue weighted by molar-refractivity contribution is 14.1. The zero-order valence-corrected chi connectivity index (χ0v) is 23.6. The lowest BCUT2D eigenvalue weighted by Gasteiger charge is -2.15. The Morgan fingerprint density at radius 1 is 1.13 bits per heavy atom. The van der Waals surface area contributed by atoms with Crippen LogP contribution in [0, 0.1) is 9.39 Å². The molecule has 0 atom stereocenters. The number of benzene rings is 3. The predicted molar refractivity (Wildman–Crippen MR) is 155 cm³/mol. The number of carbonyl (C=O) groups is 2. The second kappa shape index (κ2) is 12.4. The van der Waals surface area contributed by atoms with Crippen molar-refractivity contribution in [3.8, 4) is 11.5 Å². The van der Waals surface area contributed by atoms with Crippen LogP contribution in [0.5, 0.6) is 11.5 Å². The minimum Gasteiger partial charge on any atom is -0.490 e. The van der Waals surface area contributed by atoms with Gasteiger partial charge in [-0.15, -0.1) is 0 Å². The van der Waals surface area contributed by atoms with Crippen molar-refractivity contribution in [3.63, 3.8) is 0 Å². The molecule has 1 amide bonds. The van der Waals surface area contributed by atoms with Gasteiger partial charge in [-0.25, -0.2) is 14.2 Å². The molecule has 4 rings (SSSR count). The Morgan fingerprint density at radius 3 is 2.53 bits per heavy atom. The molecule has 1 N–H and O–H groups in total. The van der Waals surface area contributed by atoms with Crippen LogP contribution in [0.25, 0.3) is 6.08 Å².